The molecule has 5 heteroatoms. The fourth-order valence-electron chi connectivity index (χ4n) is 3.30. The van der Waals surface area contributed by atoms with Crippen molar-refractivity contribution in [3.63, 3.8) is 0 Å². The zero-order chi connectivity index (χ0) is 19.7. The number of aromatic nitrogens is 2. The van der Waals surface area contributed by atoms with E-state index in [4.69, 9.17) is 4.74 Å². The Kier molecular flexibility index (Phi) is 4.57. The van der Waals surface area contributed by atoms with E-state index in [-0.39, 0.29) is 5.91 Å². The van der Waals surface area contributed by atoms with E-state index in [1.807, 2.05) is 85.2 Å². The highest BCUT2D eigenvalue weighted by molar-refractivity contribution is 6.06. The summed E-state index contributed by atoms with van der Waals surface area (Å²) in [5.41, 5.74) is 5.92. The van der Waals surface area contributed by atoms with Crippen LogP contribution in [-0.4, -0.2) is 22.4 Å². The first-order chi connectivity index (χ1) is 13.5. The maximum Gasteiger partial charge on any atom is 0.256 e. The third-order valence-corrected chi connectivity index (χ3v) is 4.73. The van der Waals surface area contributed by atoms with Crippen molar-refractivity contribution in [2.75, 3.05) is 12.4 Å². The van der Waals surface area contributed by atoms with Crippen LogP contribution in [0.15, 0.2) is 67.0 Å². The molecule has 4 aromatic rings. The fraction of sp³-hybridized carbons (Fsp3) is 0.130. The molecule has 0 spiro atoms. The first-order valence-corrected chi connectivity index (χ1v) is 9.06. The van der Waals surface area contributed by atoms with E-state index in [1.54, 1.807) is 7.11 Å². The number of nitrogens with one attached hydrogen (secondary N) is 1. The lowest BCUT2D eigenvalue weighted by molar-refractivity contribution is 0.102. The summed E-state index contributed by atoms with van der Waals surface area (Å²) in [6.07, 6.45) is 3.92. The van der Waals surface area contributed by atoms with Gasteiger partial charge in [-0.05, 0) is 55.8 Å². The lowest BCUT2D eigenvalue weighted by Gasteiger charge is -2.13. The van der Waals surface area contributed by atoms with Gasteiger partial charge >= 0.3 is 0 Å². The average Bonchev–Trinajstić information content (AvgIpc) is 3.12. The minimum Gasteiger partial charge on any atom is -0.495 e. The molecule has 0 atom stereocenters. The minimum atomic E-state index is -0.164. The second-order valence-corrected chi connectivity index (χ2v) is 6.78. The number of aryl methyl sites for hydroxylation is 2. The largest absolute Gasteiger partial charge is 0.495 e. The molecule has 4 rings (SSSR count). The zero-order valence-corrected chi connectivity index (χ0v) is 16.1. The number of ether oxygens (including phenoxy) is 1. The van der Waals surface area contributed by atoms with Gasteiger partial charge in [-0.15, -0.1) is 0 Å². The molecule has 0 bridgehead atoms. The van der Waals surface area contributed by atoms with Crippen molar-refractivity contribution in [2.24, 2.45) is 0 Å². The number of nitrogens with zero attached hydrogens (tertiary/aromatic N) is 2. The third-order valence-electron chi connectivity index (χ3n) is 4.73. The number of rotatable bonds is 4. The van der Waals surface area contributed by atoms with E-state index < -0.39 is 0 Å². The van der Waals surface area contributed by atoms with Crippen molar-refractivity contribution >= 4 is 17.2 Å². The number of anilines is 1. The predicted octanol–water partition coefficient (Wildman–Crippen LogP) is 4.88. The Hall–Kier alpha value is -3.60. The molecule has 0 aliphatic carbocycles. The number of hydrogen-bond donors (Lipinski definition) is 1. The summed E-state index contributed by atoms with van der Waals surface area (Å²) in [6, 6.07) is 17.3. The number of fused-ring (bicyclic) bond motifs is 1. The van der Waals surface area contributed by atoms with Crippen molar-refractivity contribution in [2.45, 2.75) is 13.8 Å². The van der Waals surface area contributed by atoms with E-state index in [9.17, 15) is 4.79 Å². The Balaban J connectivity index is 1.69. The van der Waals surface area contributed by atoms with Crippen LogP contribution in [0.2, 0.25) is 0 Å². The van der Waals surface area contributed by atoms with Crippen LogP contribution in [0.25, 0.3) is 16.9 Å². The van der Waals surface area contributed by atoms with Gasteiger partial charge in [0.2, 0.25) is 0 Å². The first-order valence-electron chi connectivity index (χ1n) is 9.06. The number of benzene rings is 2. The van der Waals surface area contributed by atoms with E-state index in [0.29, 0.717) is 17.0 Å². The Morgan fingerprint density at radius 3 is 2.68 bits per heavy atom. The fourth-order valence-corrected chi connectivity index (χ4v) is 3.30. The maximum absolute atomic E-state index is 12.8. The number of pyridine rings is 1. The summed E-state index contributed by atoms with van der Waals surface area (Å²) in [5.74, 6) is 0.439. The van der Waals surface area contributed by atoms with Crippen LogP contribution in [-0.2, 0) is 0 Å². The lowest BCUT2D eigenvalue weighted by Crippen LogP contribution is -2.14. The molecule has 0 saturated heterocycles. The highest BCUT2D eigenvalue weighted by atomic mass is 16.5. The van der Waals surface area contributed by atoms with Gasteiger partial charge in [0.05, 0.1) is 18.5 Å². The highest BCUT2D eigenvalue weighted by Crippen LogP contribution is 2.31. The summed E-state index contributed by atoms with van der Waals surface area (Å²) in [5, 5.41) is 2.98. The Bertz CT molecular complexity index is 1140. The summed E-state index contributed by atoms with van der Waals surface area (Å²) >= 11 is 0. The molecular weight excluding hydrogens is 350 g/mol. The van der Waals surface area contributed by atoms with E-state index in [0.717, 1.165) is 28.0 Å². The van der Waals surface area contributed by atoms with Gasteiger partial charge in [-0.3, -0.25) is 4.79 Å². The van der Waals surface area contributed by atoms with Gasteiger partial charge < -0.3 is 14.5 Å². The molecule has 0 fully saturated rings. The number of hydrogen-bond acceptors (Lipinski definition) is 3. The molecule has 140 valence electrons. The van der Waals surface area contributed by atoms with E-state index >= 15 is 0 Å². The van der Waals surface area contributed by atoms with Crippen molar-refractivity contribution in [3.05, 3.63) is 83.7 Å². The number of amides is 1. The summed E-state index contributed by atoms with van der Waals surface area (Å²) in [7, 11) is 1.59. The van der Waals surface area contributed by atoms with Crippen LogP contribution < -0.4 is 10.1 Å². The minimum absolute atomic E-state index is 0.164. The van der Waals surface area contributed by atoms with E-state index in [1.165, 1.54) is 0 Å². The lowest BCUT2D eigenvalue weighted by atomic mass is 10.0. The molecule has 0 aliphatic heterocycles. The number of carbonyl (C=O) groups excluding carboxylic acids is 1. The molecule has 0 unspecified atom stereocenters. The third kappa shape index (κ3) is 3.34. The molecule has 0 saturated carbocycles. The highest BCUT2D eigenvalue weighted by Gasteiger charge is 2.14. The molecular formula is C23H21N3O2. The Labute approximate surface area is 163 Å². The molecule has 0 radical (unpaired) electrons. The smallest absolute Gasteiger partial charge is 0.256 e. The first kappa shape index (κ1) is 17.8. The standard InChI is InChI=1S/C23H21N3O2/c1-15-7-9-18(16(2)12-15)23(27)25-19-13-17(8-10-21(19)28-3)20-14-26-11-5-4-6-22(26)24-20/h4-14H,1-3H3,(H,25,27). The van der Waals surface area contributed by atoms with Gasteiger partial charge in [0.15, 0.2) is 0 Å². The van der Waals surface area contributed by atoms with Gasteiger partial charge in [0.25, 0.3) is 5.91 Å². The van der Waals surface area contributed by atoms with Gasteiger partial charge in [0, 0.05) is 23.5 Å². The summed E-state index contributed by atoms with van der Waals surface area (Å²) < 4.78 is 7.41. The second-order valence-electron chi connectivity index (χ2n) is 6.78. The average molecular weight is 371 g/mol. The molecule has 1 N–H and O–H groups in total. The number of methoxy groups -OCH3 is 1. The summed E-state index contributed by atoms with van der Waals surface area (Å²) in [6.45, 7) is 3.95. The molecule has 5 nitrogen and oxygen atoms in total. The van der Waals surface area contributed by atoms with Crippen molar-refractivity contribution in [1.82, 2.24) is 9.38 Å². The second kappa shape index (κ2) is 7.19. The molecule has 1 amide bonds. The van der Waals surface area contributed by atoms with Gasteiger partial charge in [-0.25, -0.2) is 4.98 Å². The van der Waals surface area contributed by atoms with E-state index in [2.05, 4.69) is 10.3 Å². The van der Waals surface area contributed by atoms with Gasteiger partial charge in [-0.2, -0.15) is 0 Å². The van der Waals surface area contributed by atoms with Crippen molar-refractivity contribution in [1.29, 1.82) is 0 Å². The molecule has 2 heterocycles. The van der Waals surface area contributed by atoms with Gasteiger partial charge in [0.1, 0.15) is 11.4 Å². The van der Waals surface area contributed by atoms with Crippen LogP contribution in [0.1, 0.15) is 21.5 Å². The topological polar surface area (TPSA) is 55.6 Å². The molecule has 28 heavy (non-hydrogen) atoms. The molecule has 2 aromatic carbocycles. The number of carbonyl (C=O) groups is 1. The Morgan fingerprint density at radius 1 is 1.07 bits per heavy atom. The summed E-state index contributed by atoms with van der Waals surface area (Å²) in [4.78, 5) is 17.5. The quantitative estimate of drug-likeness (QED) is 0.556. The van der Waals surface area contributed by atoms with Crippen LogP contribution in [0.5, 0.6) is 5.75 Å². The normalized spacial score (nSPS) is 10.8. The SMILES string of the molecule is COc1ccc(-c2cn3ccccc3n2)cc1NC(=O)c1ccc(C)cc1C. The van der Waals surface area contributed by atoms with Crippen molar-refractivity contribution in [3.8, 4) is 17.0 Å². The Morgan fingerprint density at radius 2 is 1.93 bits per heavy atom. The molecule has 0 aliphatic rings. The van der Waals surface area contributed by atoms with Crippen LogP contribution in [0.3, 0.4) is 0 Å². The molecule has 2 aromatic heterocycles. The maximum atomic E-state index is 12.8. The van der Waals surface area contributed by atoms with Crippen molar-refractivity contribution < 1.29 is 9.53 Å². The number of imidazole rings is 1. The van der Waals surface area contributed by atoms with Crippen LogP contribution in [0, 0.1) is 13.8 Å². The van der Waals surface area contributed by atoms with Gasteiger partial charge in [-0.1, -0.05) is 23.8 Å². The van der Waals surface area contributed by atoms with Crippen LogP contribution in [0.4, 0.5) is 5.69 Å². The van der Waals surface area contributed by atoms with Crippen LogP contribution >= 0.6 is 0 Å². The monoisotopic (exact) mass is 371 g/mol. The zero-order valence-electron chi connectivity index (χ0n) is 16.1. The predicted molar refractivity (Wildman–Crippen MR) is 111 cm³/mol.